The fourth-order valence-electron chi connectivity index (χ4n) is 2.21. The normalized spacial score (nSPS) is 12.0. The highest BCUT2D eigenvalue weighted by Gasteiger charge is 2.37. The summed E-state index contributed by atoms with van der Waals surface area (Å²) in [6, 6.07) is 13.2. The average Bonchev–Trinajstić information content (AvgIpc) is 2.55. The van der Waals surface area contributed by atoms with Crippen LogP contribution in [0.25, 0.3) is 0 Å². The average molecular weight is 449 g/mol. The van der Waals surface area contributed by atoms with E-state index >= 15 is 0 Å². The summed E-state index contributed by atoms with van der Waals surface area (Å²) in [6.07, 6.45) is 0. The van der Waals surface area contributed by atoms with E-state index in [1.54, 1.807) is 0 Å². The van der Waals surface area contributed by atoms with E-state index in [4.69, 9.17) is 4.43 Å². The molecule has 4 nitrogen and oxygen atoms in total. The largest absolute Gasteiger partial charge is 0.412 e. The maximum atomic E-state index is 12.4. The van der Waals surface area contributed by atoms with Gasteiger partial charge in [-0.2, -0.15) is 0 Å². The Morgan fingerprint density at radius 2 is 1.70 bits per heavy atom. The number of carbonyl (C=O) groups is 1. The fourth-order valence-corrected chi connectivity index (χ4v) is 3.63. The van der Waals surface area contributed by atoms with Crippen LogP contribution in [0.3, 0.4) is 0 Å². The lowest BCUT2D eigenvalue weighted by Gasteiger charge is -2.36. The molecule has 27 heavy (non-hydrogen) atoms. The molecule has 0 atom stereocenters. The minimum Gasteiger partial charge on any atom is -0.412 e. The summed E-state index contributed by atoms with van der Waals surface area (Å²) in [5.74, 6) is 0. The molecule has 0 aliphatic rings. The first-order valence-corrected chi connectivity index (χ1v) is 12.8. The van der Waals surface area contributed by atoms with E-state index < -0.39 is 8.32 Å². The van der Waals surface area contributed by atoms with Crippen molar-refractivity contribution >= 4 is 41.7 Å². The summed E-state index contributed by atoms with van der Waals surface area (Å²) < 4.78 is 7.28. The molecule has 146 valence electrons. The molecule has 0 unspecified atom stereocenters. The minimum absolute atomic E-state index is 0.130. The van der Waals surface area contributed by atoms with Crippen LogP contribution >= 0.6 is 15.9 Å². The van der Waals surface area contributed by atoms with Gasteiger partial charge < -0.3 is 15.1 Å². The Bertz CT molecular complexity index is 799. The summed E-state index contributed by atoms with van der Waals surface area (Å²) in [6.45, 7) is 13.6. The van der Waals surface area contributed by atoms with Crippen molar-refractivity contribution in [3.05, 3.63) is 58.1 Å². The highest BCUT2D eigenvalue weighted by molar-refractivity contribution is 9.10. The molecule has 0 saturated heterocycles. The molecule has 0 spiro atoms. The summed E-state index contributed by atoms with van der Waals surface area (Å²) in [7, 11) is -1.89. The van der Waals surface area contributed by atoms with Crippen molar-refractivity contribution in [2.45, 2.75) is 52.4 Å². The van der Waals surface area contributed by atoms with E-state index in [-0.39, 0.29) is 11.1 Å². The van der Waals surface area contributed by atoms with Crippen molar-refractivity contribution in [3.8, 4) is 0 Å². The van der Waals surface area contributed by atoms with Gasteiger partial charge in [-0.1, -0.05) is 60.5 Å². The van der Waals surface area contributed by atoms with Gasteiger partial charge in [0.1, 0.15) is 0 Å². The quantitative estimate of drug-likeness (QED) is 0.487. The lowest BCUT2D eigenvalue weighted by atomic mass is 10.2. The first-order chi connectivity index (χ1) is 12.5. The standard InChI is InChI=1S/C21H29BrN2O2Si/c1-15-10-12-16(13-11-15)23-20(25)24-19-9-7-8-18(22)17(19)14-26-27(5,6)21(2,3)4/h7-13H,14H2,1-6H3,(H2,23,24,25). The number of hydrogen-bond donors (Lipinski definition) is 2. The highest BCUT2D eigenvalue weighted by atomic mass is 79.9. The van der Waals surface area contributed by atoms with Gasteiger partial charge in [-0.3, -0.25) is 0 Å². The second-order valence-corrected chi connectivity index (χ2v) is 13.9. The van der Waals surface area contributed by atoms with Crippen molar-refractivity contribution in [1.29, 1.82) is 0 Å². The van der Waals surface area contributed by atoms with Crippen LogP contribution in [0.4, 0.5) is 16.2 Å². The third-order valence-electron chi connectivity index (χ3n) is 5.06. The number of hydrogen-bond acceptors (Lipinski definition) is 2. The minimum atomic E-state index is -1.89. The first-order valence-electron chi connectivity index (χ1n) is 9.05. The predicted octanol–water partition coefficient (Wildman–Crippen LogP) is 6.92. The van der Waals surface area contributed by atoms with Crippen LogP contribution in [0, 0.1) is 6.92 Å². The number of halogens is 1. The van der Waals surface area contributed by atoms with Crippen LogP contribution in [-0.4, -0.2) is 14.3 Å². The van der Waals surface area contributed by atoms with E-state index in [0.29, 0.717) is 6.61 Å². The lowest BCUT2D eigenvalue weighted by molar-refractivity contribution is 0.262. The molecule has 2 N–H and O–H groups in total. The molecule has 0 fully saturated rings. The molecule has 2 rings (SSSR count). The van der Waals surface area contributed by atoms with Crippen molar-refractivity contribution in [2.24, 2.45) is 0 Å². The first kappa shape index (κ1) is 21.7. The van der Waals surface area contributed by atoms with Gasteiger partial charge >= 0.3 is 6.03 Å². The molecule has 2 aromatic carbocycles. The van der Waals surface area contributed by atoms with Gasteiger partial charge in [0.15, 0.2) is 8.32 Å². The Hall–Kier alpha value is -1.63. The van der Waals surface area contributed by atoms with E-state index in [2.05, 4.69) is 60.4 Å². The summed E-state index contributed by atoms with van der Waals surface area (Å²) in [4.78, 5) is 12.4. The Balaban J connectivity index is 2.12. The number of amides is 2. The highest BCUT2D eigenvalue weighted by Crippen LogP contribution is 2.38. The van der Waals surface area contributed by atoms with Gasteiger partial charge in [-0.25, -0.2) is 4.79 Å². The zero-order valence-corrected chi connectivity index (χ0v) is 19.5. The van der Waals surface area contributed by atoms with Crippen molar-refractivity contribution in [1.82, 2.24) is 0 Å². The molecule has 0 radical (unpaired) electrons. The number of rotatable bonds is 5. The monoisotopic (exact) mass is 448 g/mol. The molecular formula is C21H29BrN2O2Si. The van der Waals surface area contributed by atoms with E-state index in [1.165, 1.54) is 0 Å². The van der Waals surface area contributed by atoms with Gasteiger partial charge in [0.25, 0.3) is 0 Å². The molecule has 0 aliphatic heterocycles. The number of aryl methyl sites for hydroxylation is 1. The number of benzene rings is 2. The molecule has 0 aliphatic carbocycles. The Morgan fingerprint density at radius 3 is 2.30 bits per heavy atom. The van der Waals surface area contributed by atoms with Gasteiger partial charge in [0.05, 0.1) is 6.61 Å². The molecular weight excluding hydrogens is 420 g/mol. The van der Waals surface area contributed by atoms with E-state index in [1.807, 2.05) is 49.4 Å². The van der Waals surface area contributed by atoms with E-state index in [9.17, 15) is 4.79 Å². The second-order valence-electron chi connectivity index (χ2n) is 8.26. The third-order valence-corrected chi connectivity index (χ3v) is 10.3. The van der Waals surface area contributed by atoms with Crippen LogP contribution in [0.15, 0.2) is 46.9 Å². The van der Waals surface area contributed by atoms with Gasteiger partial charge in [0, 0.05) is 21.4 Å². The Labute approximate surface area is 172 Å². The maximum absolute atomic E-state index is 12.4. The zero-order chi connectivity index (χ0) is 20.2. The topological polar surface area (TPSA) is 50.4 Å². The number of carbonyl (C=O) groups excluding carboxylic acids is 1. The number of urea groups is 1. The number of nitrogens with one attached hydrogen (secondary N) is 2. The zero-order valence-electron chi connectivity index (χ0n) is 16.9. The van der Waals surface area contributed by atoms with Crippen molar-refractivity contribution in [3.63, 3.8) is 0 Å². The molecule has 0 saturated carbocycles. The van der Waals surface area contributed by atoms with Gasteiger partial charge in [-0.15, -0.1) is 0 Å². The summed E-state index contributed by atoms with van der Waals surface area (Å²) in [5, 5.41) is 5.94. The predicted molar refractivity (Wildman–Crippen MR) is 120 cm³/mol. The van der Waals surface area contributed by atoms with Gasteiger partial charge in [0.2, 0.25) is 0 Å². The molecule has 0 aromatic heterocycles. The SMILES string of the molecule is Cc1ccc(NC(=O)Nc2cccc(Br)c2CO[Si](C)(C)C(C)(C)C)cc1. The Morgan fingerprint density at radius 1 is 1.07 bits per heavy atom. The van der Waals surface area contributed by atoms with Crippen LogP contribution in [0.2, 0.25) is 18.1 Å². The fraction of sp³-hybridized carbons (Fsp3) is 0.381. The maximum Gasteiger partial charge on any atom is 0.323 e. The Kier molecular flexibility index (Phi) is 6.89. The summed E-state index contributed by atoms with van der Waals surface area (Å²) >= 11 is 3.59. The molecule has 0 bridgehead atoms. The second kappa shape index (κ2) is 8.58. The van der Waals surface area contributed by atoms with Crippen LogP contribution in [0.1, 0.15) is 31.9 Å². The van der Waals surface area contributed by atoms with E-state index in [0.717, 1.165) is 27.0 Å². The molecule has 2 amide bonds. The van der Waals surface area contributed by atoms with Crippen molar-refractivity contribution in [2.75, 3.05) is 10.6 Å². The smallest absolute Gasteiger partial charge is 0.323 e. The summed E-state index contributed by atoms with van der Waals surface area (Å²) in [5.41, 5.74) is 3.60. The molecule has 2 aromatic rings. The van der Waals surface area contributed by atoms with Crippen LogP contribution < -0.4 is 10.6 Å². The molecule has 6 heteroatoms. The third kappa shape index (κ3) is 5.92. The van der Waals surface area contributed by atoms with Crippen LogP contribution in [0.5, 0.6) is 0 Å². The van der Waals surface area contributed by atoms with Crippen LogP contribution in [-0.2, 0) is 11.0 Å². The van der Waals surface area contributed by atoms with Crippen molar-refractivity contribution < 1.29 is 9.22 Å². The lowest BCUT2D eigenvalue weighted by Crippen LogP contribution is -2.40. The number of anilines is 2. The van der Waals surface area contributed by atoms with Gasteiger partial charge in [-0.05, 0) is 49.3 Å². The molecule has 0 heterocycles.